The molecular formula is C12H11ClFNO. The van der Waals surface area contributed by atoms with Gasteiger partial charge in [-0.3, -0.25) is 4.79 Å². The summed E-state index contributed by atoms with van der Waals surface area (Å²) in [7, 11) is 0. The van der Waals surface area contributed by atoms with Crippen molar-refractivity contribution in [3.63, 3.8) is 0 Å². The topological polar surface area (TPSA) is 29.1 Å². The molecule has 0 saturated carbocycles. The Balaban J connectivity index is 2.64. The predicted octanol–water partition coefficient (Wildman–Crippen LogP) is 1.73. The van der Waals surface area contributed by atoms with Crippen LogP contribution in [0.5, 0.6) is 0 Å². The Morgan fingerprint density at radius 2 is 2.38 bits per heavy atom. The quantitative estimate of drug-likeness (QED) is 0.629. The summed E-state index contributed by atoms with van der Waals surface area (Å²) in [6.45, 7) is 0. The summed E-state index contributed by atoms with van der Waals surface area (Å²) in [5.74, 6) is 1.63. The van der Waals surface area contributed by atoms with Gasteiger partial charge in [0.25, 0.3) is 0 Å². The molecular weight excluding hydrogens is 229 g/mol. The van der Waals surface area contributed by atoms with Crippen LogP contribution in [0, 0.1) is 18.2 Å². The van der Waals surface area contributed by atoms with E-state index in [0.717, 1.165) is 5.56 Å². The second kappa shape index (κ2) is 6.14. The summed E-state index contributed by atoms with van der Waals surface area (Å²) in [4.78, 5) is 11.0. The van der Waals surface area contributed by atoms with Crippen LogP contribution < -0.4 is 5.32 Å². The molecule has 0 fully saturated rings. The van der Waals surface area contributed by atoms with Gasteiger partial charge < -0.3 is 5.32 Å². The number of nitrogens with one attached hydrogen (secondary N) is 1. The lowest BCUT2D eigenvalue weighted by Crippen LogP contribution is -2.36. The zero-order valence-electron chi connectivity index (χ0n) is 8.54. The number of halogens is 2. The van der Waals surface area contributed by atoms with Crippen LogP contribution in [0.15, 0.2) is 24.3 Å². The third kappa shape index (κ3) is 3.92. The summed E-state index contributed by atoms with van der Waals surface area (Å²) in [6, 6.07) is 5.62. The minimum absolute atomic E-state index is 0.138. The van der Waals surface area contributed by atoms with Crippen LogP contribution in [0.4, 0.5) is 4.39 Å². The van der Waals surface area contributed by atoms with E-state index in [2.05, 4.69) is 11.2 Å². The Kier molecular flexibility index (Phi) is 4.81. The van der Waals surface area contributed by atoms with Gasteiger partial charge in [-0.2, -0.15) is 0 Å². The lowest BCUT2D eigenvalue weighted by molar-refractivity contribution is -0.119. The summed E-state index contributed by atoms with van der Waals surface area (Å²) in [5, 5.41) is 2.55. The molecule has 1 atom stereocenters. The van der Waals surface area contributed by atoms with Crippen LogP contribution in [0.2, 0.25) is 0 Å². The van der Waals surface area contributed by atoms with Gasteiger partial charge in [-0.05, 0) is 17.7 Å². The van der Waals surface area contributed by atoms with E-state index in [4.69, 9.17) is 18.0 Å². The van der Waals surface area contributed by atoms with Crippen LogP contribution in [0.25, 0.3) is 0 Å². The lowest BCUT2D eigenvalue weighted by Gasteiger charge is -2.12. The first-order valence-corrected chi connectivity index (χ1v) is 5.25. The summed E-state index contributed by atoms with van der Waals surface area (Å²) in [5.41, 5.74) is 0.734. The molecule has 84 valence electrons. The first kappa shape index (κ1) is 12.5. The minimum atomic E-state index is -0.465. The van der Waals surface area contributed by atoms with Crippen molar-refractivity contribution in [3.8, 4) is 12.3 Å². The highest BCUT2D eigenvalue weighted by Crippen LogP contribution is 2.06. The van der Waals surface area contributed by atoms with E-state index in [9.17, 15) is 9.18 Å². The predicted molar refractivity (Wildman–Crippen MR) is 61.6 cm³/mol. The molecule has 0 aliphatic rings. The number of carbonyl (C=O) groups is 1. The van der Waals surface area contributed by atoms with E-state index >= 15 is 0 Å². The molecule has 0 heterocycles. The van der Waals surface area contributed by atoms with Gasteiger partial charge in [0, 0.05) is 6.42 Å². The Hall–Kier alpha value is -1.53. The van der Waals surface area contributed by atoms with Gasteiger partial charge in [0.1, 0.15) is 11.7 Å². The molecule has 0 aliphatic heterocycles. The number of hydrogen-bond acceptors (Lipinski definition) is 1. The van der Waals surface area contributed by atoms with Gasteiger partial charge in [-0.15, -0.1) is 18.0 Å². The zero-order valence-corrected chi connectivity index (χ0v) is 9.30. The fourth-order valence-corrected chi connectivity index (χ4v) is 1.36. The molecule has 1 aromatic rings. The van der Waals surface area contributed by atoms with Gasteiger partial charge in [0.2, 0.25) is 5.91 Å². The molecule has 0 spiro atoms. The number of terminal acetylenes is 1. The van der Waals surface area contributed by atoms with Crippen molar-refractivity contribution in [3.05, 3.63) is 35.6 Å². The Morgan fingerprint density at radius 3 is 2.94 bits per heavy atom. The number of amides is 1. The van der Waals surface area contributed by atoms with Crippen LogP contribution >= 0.6 is 11.6 Å². The van der Waals surface area contributed by atoms with E-state index in [1.807, 2.05) is 0 Å². The van der Waals surface area contributed by atoms with Crippen LogP contribution in [-0.4, -0.2) is 17.8 Å². The highest BCUT2D eigenvalue weighted by molar-refractivity contribution is 6.27. The van der Waals surface area contributed by atoms with Crippen molar-refractivity contribution < 1.29 is 9.18 Å². The Morgan fingerprint density at radius 1 is 1.62 bits per heavy atom. The monoisotopic (exact) mass is 239 g/mol. The van der Waals surface area contributed by atoms with Crippen molar-refractivity contribution >= 4 is 17.5 Å². The number of hydrogen-bond donors (Lipinski definition) is 1. The van der Waals surface area contributed by atoms with E-state index in [0.29, 0.717) is 6.42 Å². The summed E-state index contributed by atoms with van der Waals surface area (Å²) in [6.07, 6.45) is 5.65. The normalized spacial score (nSPS) is 11.6. The third-order valence-electron chi connectivity index (χ3n) is 1.99. The van der Waals surface area contributed by atoms with Crippen LogP contribution in [0.1, 0.15) is 5.56 Å². The van der Waals surface area contributed by atoms with Gasteiger partial charge in [0.15, 0.2) is 0 Å². The molecule has 0 saturated heterocycles. The minimum Gasteiger partial charge on any atom is -0.341 e. The fourth-order valence-electron chi connectivity index (χ4n) is 1.28. The SMILES string of the molecule is C#CC(Cc1cccc(F)c1)NC(=O)CCl. The van der Waals surface area contributed by atoms with Crippen LogP contribution in [0.3, 0.4) is 0 Å². The van der Waals surface area contributed by atoms with Crippen molar-refractivity contribution in [2.45, 2.75) is 12.5 Å². The molecule has 2 nitrogen and oxygen atoms in total. The highest BCUT2D eigenvalue weighted by Gasteiger charge is 2.09. The molecule has 1 aromatic carbocycles. The average Bonchev–Trinajstić information content (AvgIpc) is 2.28. The second-order valence-electron chi connectivity index (χ2n) is 3.25. The first-order chi connectivity index (χ1) is 7.65. The highest BCUT2D eigenvalue weighted by atomic mass is 35.5. The zero-order chi connectivity index (χ0) is 12.0. The van der Waals surface area contributed by atoms with E-state index in [1.165, 1.54) is 12.1 Å². The number of benzene rings is 1. The lowest BCUT2D eigenvalue weighted by atomic mass is 10.1. The molecule has 1 amide bonds. The summed E-state index contributed by atoms with van der Waals surface area (Å²) >= 11 is 5.34. The number of rotatable bonds is 4. The third-order valence-corrected chi connectivity index (χ3v) is 2.23. The van der Waals surface area contributed by atoms with E-state index in [1.54, 1.807) is 12.1 Å². The van der Waals surface area contributed by atoms with Crippen molar-refractivity contribution in [1.82, 2.24) is 5.32 Å². The van der Waals surface area contributed by atoms with E-state index in [-0.39, 0.29) is 17.6 Å². The van der Waals surface area contributed by atoms with Gasteiger partial charge in [-0.25, -0.2) is 4.39 Å². The molecule has 1 rings (SSSR count). The van der Waals surface area contributed by atoms with Gasteiger partial charge >= 0.3 is 0 Å². The van der Waals surface area contributed by atoms with Crippen molar-refractivity contribution in [1.29, 1.82) is 0 Å². The Labute approximate surface area is 98.8 Å². The van der Waals surface area contributed by atoms with Crippen molar-refractivity contribution in [2.75, 3.05) is 5.88 Å². The maximum Gasteiger partial charge on any atom is 0.235 e. The molecule has 0 aromatic heterocycles. The maximum atomic E-state index is 12.9. The molecule has 0 radical (unpaired) electrons. The largest absolute Gasteiger partial charge is 0.341 e. The number of alkyl halides is 1. The number of carbonyl (C=O) groups excluding carboxylic acids is 1. The smallest absolute Gasteiger partial charge is 0.235 e. The van der Waals surface area contributed by atoms with Crippen molar-refractivity contribution in [2.24, 2.45) is 0 Å². The maximum absolute atomic E-state index is 12.9. The fraction of sp³-hybridized carbons (Fsp3) is 0.250. The molecule has 1 N–H and O–H groups in total. The van der Waals surface area contributed by atoms with Gasteiger partial charge in [-0.1, -0.05) is 18.1 Å². The standard InChI is InChI=1S/C12H11ClFNO/c1-2-11(15-12(16)8-13)7-9-4-3-5-10(14)6-9/h1,3-6,11H,7-8H2,(H,15,16). The first-order valence-electron chi connectivity index (χ1n) is 4.71. The molecule has 1 unspecified atom stereocenters. The second-order valence-corrected chi connectivity index (χ2v) is 3.52. The molecule has 0 bridgehead atoms. The molecule has 4 heteroatoms. The van der Waals surface area contributed by atoms with Gasteiger partial charge in [0.05, 0.1) is 6.04 Å². The summed E-state index contributed by atoms with van der Waals surface area (Å²) < 4.78 is 12.9. The molecule has 0 aliphatic carbocycles. The average molecular weight is 240 g/mol. The van der Waals surface area contributed by atoms with E-state index < -0.39 is 6.04 Å². The Bertz CT molecular complexity index is 414. The van der Waals surface area contributed by atoms with Crippen LogP contribution in [-0.2, 0) is 11.2 Å². The molecule has 16 heavy (non-hydrogen) atoms.